The summed E-state index contributed by atoms with van der Waals surface area (Å²) >= 11 is 0. The molecular formula is C9H9N3O6. The fraction of sp³-hybridized carbons (Fsp3) is 0.333. The molecule has 0 aromatic heterocycles. The first kappa shape index (κ1) is 13.5. The van der Waals surface area contributed by atoms with E-state index in [2.05, 4.69) is 0 Å². The lowest BCUT2D eigenvalue weighted by Gasteiger charge is -2.08. The molecule has 0 bridgehead atoms. The molecule has 0 heterocycles. The molecule has 0 saturated carbocycles. The Labute approximate surface area is 100 Å². The van der Waals surface area contributed by atoms with E-state index in [1.54, 1.807) is 30.3 Å². The second kappa shape index (κ2) is 5.17. The Morgan fingerprint density at radius 1 is 0.889 bits per heavy atom. The largest absolute Gasteiger partial charge is 0.700 e. The van der Waals surface area contributed by atoms with Gasteiger partial charge in [0, 0.05) is 0 Å². The van der Waals surface area contributed by atoms with Crippen molar-refractivity contribution in [1.82, 2.24) is 0 Å². The van der Waals surface area contributed by atoms with Crippen LogP contribution in [-0.2, 0) is 6.42 Å². The third-order valence-electron chi connectivity index (χ3n) is 2.47. The van der Waals surface area contributed by atoms with Gasteiger partial charge in [0.05, 0.1) is 0 Å². The summed E-state index contributed by atoms with van der Waals surface area (Å²) in [6.07, 6.45) is -0.923. The first-order chi connectivity index (χ1) is 8.41. The number of hydrogen-bond acceptors (Lipinski definition) is 6. The Bertz CT molecular complexity index is 438. The minimum Gasteiger partial charge on any atom is -0.253 e. The molecule has 0 unspecified atom stereocenters. The Balaban J connectivity index is 2.96. The van der Waals surface area contributed by atoms with Crippen molar-refractivity contribution >= 4 is 0 Å². The van der Waals surface area contributed by atoms with Crippen LogP contribution in [0, 0.1) is 30.3 Å². The third-order valence-corrected chi connectivity index (χ3v) is 2.47. The lowest BCUT2D eigenvalue weighted by molar-refractivity contribution is -0.970. The molecule has 9 nitrogen and oxygen atoms in total. The van der Waals surface area contributed by atoms with E-state index >= 15 is 0 Å². The topological polar surface area (TPSA) is 129 Å². The second-order valence-electron chi connectivity index (χ2n) is 3.53. The summed E-state index contributed by atoms with van der Waals surface area (Å²) in [6, 6.07) is 8.16. The van der Waals surface area contributed by atoms with Crippen LogP contribution in [-0.4, -0.2) is 20.6 Å². The predicted molar refractivity (Wildman–Crippen MR) is 58.5 cm³/mol. The lowest BCUT2D eigenvalue weighted by atomic mass is 10.1. The molecule has 9 heteroatoms. The molecule has 0 spiro atoms. The highest BCUT2D eigenvalue weighted by Gasteiger charge is 2.69. The maximum atomic E-state index is 10.6. The quantitative estimate of drug-likeness (QED) is 0.425. The first-order valence-electron chi connectivity index (χ1n) is 4.88. The van der Waals surface area contributed by atoms with Crippen molar-refractivity contribution in [2.75, 3.05) is 0 Å². The standard InChI is InChI=1S/C9H9N3O6/c13-10(14)9(11(15)16,12(17)18)7-6-8-4-2-1-3-5-8/h1-5H,6-7H2. The van der Waals surface area contributed by atoms with Crippen LogP contribution in [0.2, 0.25) is 0 Å². The van der Waals surface area contributed by atoms with E-state index in [9.17, 15) is 30.3 Å². The average molecular weight is 255 g/mol. The minimum atomic E-state index is -3.38. The van der Waals surface area contributed by atoms with Crippen LogP contribution in [0.4, 0.5) is 0 Å². The van der Waals surface area contributed by atoms with Gasteiger partial charge in [0.15, 0.2) is 21.2 Å². The molecular weight excluding hydrogens is 246 g/mol. The molecule has 0 fully saturated rings. The molecule has 1 aromatic carbocycles. The van der Waals surface area contributed by atoms with E-state index in [0.717, 1.165) is 0 Å². The van der Waals surface area contributed by atoms with Crippen LogP contribution < -0.4 is 0 Å². The zero-order valence-electron chi connectivity index (χ0n) is 9.09. The van der Waals surface area contributed by atoms with Crippen LogP contribution in [0.1, 0.15) is 12.0 Å². The summed E-state index contributed by atoms with van der Waals surface area (Å²) in [7, 11) is 0. The average Bonchev–Trinajstić information content (AvgIpc) is 2.29. The van der Waals surface area contributed by atoms with E-state index < -0.39 is 27.0 Å². The molecule has 0 saturated heterocycles. The normalized spacial score (nSPS) is 10.9. The van der Waals surface area contributed by atoms with Gasteiger partial charge in [-0.15, -0.1) is 0 Å². The van der Waals surface area contributed by atoms with Crippen molar-refractivity contribution < 1.29 is 14.8 Å². The van der Waals surface area contributed by atoms with Crippen molar-refractivity contribution in [1.29, 1.82) is 0 Å². The number of aryl methyl sites for hydroxylation is 1. The van der Waals surface area contributed by atoms with Crippen LogP contribution in [0.3, 0.4) is 0 Å². The van der Waals surface area contributed by atoms with Gasteiger partial charge in [0.2, 0.25) is 0 Å². The van der Waals surface area contributed by atoms with Crippen LogP contribution >= 0.6 is 0 Å². The Hall–Kier alpha value is -2.58. The molecule has 0 aliphatic carbocycles. The van der Waals surface area contributed by atoms with E-state index in [1.165, 1.54) is 0 Å². The maximum absolute atomic E-state index is 10.6. The summed E-state index contributed by atoms with van der Waals surface area (Å²) in [5.41, 5.74) is 0.562. The Morgan fingerprint density at radius 2 is 1.33 bits per heavy atom. The fourth-order valence-electron chi connectivity index (χ4n) is 1.43. The van der Waals surface area contributed by atoms with Crippen LogP contribution in [0.5, 0.6) is 0 Å². The summed E-state index contributed by atoms with van der Waals surface area (Å²) in [5.74, 6) is -3.38. The van der Waals surface area contributed by atoms with E-state index in [1.807, 2.05) is 0 Å². The highest BCUT2D eigenvalue weighted by atomic mass is 16.7. The zero-order chi connectivity index (χ0) is 13.8. The number of rotatable bonds is 6. The number of benzene rings is 1. The molecule has 0 radical (unpaired) electrons. The van der Waals surface area contributed by atoms with Gasteiger partial charge in [-0.25, -0.2) is 0 Å². The van der Waals surface area contributed by atoms with E-state index in [0.29, 0.717) is 5.56 Å². The molecule has 1 aromatic rings. The maximum Gasteiger partial charge on any atom is 0.700 e. The molecule has 0 amide bonds. The number of hydrogen-bond donors (Lipinski definition) is 0. The van der Waals surface area contributed by atoms with E-state index in [4.69, 9.17) is 0 Å². The van der Waals surface area contributed by atoms with Gasteiger partial charge in [-0.1, -0.05) is 30.3 Å². The first-order valence-corrected chi connectivity index (χ1v) is 4.88. The van der Waals surface area contributed by atoms with Gasteiger partial charge in [0.1, 0.15) is 0 Å². The second-order valence-corrected chi connectivity index (χ2v) is 3.53. The summed E-state index contributed by atoms with van der Waals surface area (Å²) < 4.78 is 0. The van der Waals surface area contributed by atoms with Crippen molar-refractivity contribution in [2.45, 2.75) is 18.6 Å². The van der Waals surface area contributed by atoms with Gasteiger partial charge < -0.3 is 0 Å². The van der Waals surface area contributed by atoms with Crippen molar-refractivity contribution in [3.8, 4) is 0 Å². The molecule has 0 N–H and O–H groups in total. The highest BCUT2D eigenvalue weighted by molar-refractivity contribution is 5.14. The van der Waals surface area contributed by atoms with Gasteiger partial charge in [-0.3, -0.25) is 30.3 Å². The van der Waals surface area contributed by atoms with Crippen molar-refractivity contribution in [2.24, 2.45) is 0 Å². The van der Waals surface area contributed by atoms with Gasteiger partial charge in [-0.2, -0.15) is 0 Å². The van der Waals surface area contributed by atoms with Crippen LogP contribution in [0.25, 0.3) is 0 Å². The molecule has 0 aliphatic rings. The Kier molecular flexibility index (Phi) is 3.87. The van der Waals surface area contributed by atoms with Gasteiger partial charge in [0.25, 0.3) is 0 Å². The molecule has 0 atom stereocenters. The van der Waals surface area contributed by atoms with Gasteiger partial charge >= 0.3 is 5.79 Å². The highest BCUT2D eigenvalue weighted by Crippen LogP contribution is 2.20. The van der Waals surface area contributed by atoms with Crippen LogP contribution in [0.15, 0.2) is 30.3 Å². The number of nitrogens with zero attached hydrogens (tertiary/aromatic N) is 3. The molecule has 0 aliphatic heterocycles. The number of nitro groups is 3. The van der Waals surface area contributed by atoms with Crippen molar-refractivity contribution in [3.63, 3.8) is 0 Å². The summed E-state index contributed by atoms with van der Waals surface area (Å²) in [5, 5.41) is 31.9. The summed E-state index contributed by atoms with van der Waals surface area (Å²) in [6.45, 7) is 0. The predicted octanol–water partition coefficient (Wildman–Crippen LogP) is 1.10. The lowest BCUT2D eigenvalue weighted by Crippen LogP contribution is -2.53. The minimum absolute atomic E-state index is 0.121. The van der Waals surface area contributed by atoms with E-state index in [-0.39, 0.29) is 6.42 Å². The third kappa shape index (κ3) is 2.39. The molecule has 1 rings (SSSR count). The SMILES string of the molecule is O=[N+]([O-])C(CCc1ccccc1)([N+](=O)[O-])[N+](=O)[O-]. The molecule has 96 valence electrons. The van der Waals surface area contributed by atoms with Gasteiger partial charge in [-0.05, 0) is 12.0 Å². The fourth-order valence-corrected chi connectivity index (χ4v) is 1.43. The zero-order valence-corrected chi connectivity index (χ0v) is 9.09. The van der Waals surface area contributed by atoms with Crippen molar-refractivity contribution in [3.05, 3.63) is 66.2 Å². The Morgan fingerprint density at radius 3 is 1.72 bits per heavy atom. The molecule has 18 heavy (non-hydrogen) atoms. The summed E-state index contributed by atoms with van der Waals surface area (Å²) in [4.78, 5) is 27.6. The monoisotopic (exact) mass is 255 g/mol. The smallest absolute Gasteiger partial charge is 0.253 e.